The molecule has 1 aromatic rings. The molecule has 1 unspecified atom stereocenters. The SMILES string of the molecule is COC(=O)C(Br)Cc1cc(Br)cc(C(F)(F)F)c1. The van der Waals surface area contributed by atoms with Gasteiger partial charge in [0.25, 0.3) is 0 Å². The second kappa shape index (κ2) is 6.06. The van der Waals surface area contributed by atoms with E-state index < -0.39 is 22.5 Å². The number of carbonyl (C=O) groups excluding carboxylic acids is 1. The number of alkyl halides is 4. The summed E-state index contributed by atoms with van der Waals surface area (Å²) in [5.74, 6) is -0.525. The van der Waals surface area contributed by atoms with Crippen molar-refractivity contribution in [3.63, 3.8) is 0 Å². The third kappa shape index (κ3) is 4.28. The van der Waals surface area contributed by atoms with Crippen LogP contribution in [0.2, 0.25) is 0 Å². The van der Waals surface area contributed by atoms with E-state index in [0.29, 0.717) is 10.0 Å². The minimum Gasteiger partial charge on any atom is -0.468 e. The van der Waals surface area contributed by atoms with Gasteiger partial charge in [-0.25, -0.2) is 0 Å². The Morgan fingerprint density at radius 1 is 1.39 bits per heavy atom. The zero-order valence-corrected chi connectivity index (χ0v) is 12.4. The zero-order chi connectivity index (χ0) is 13.9. The van der Waals surface area contributed by atoms with E-state index in [0.717, 1.165) is 12.1 Å². The van der Waals surface area contributed by atoms with E-state index in [1.54, 1.807) is 0 Å². The van der Waals surface area contributed by atoms with Gasteiger partial charge in [-0.2, -0.15) is 13.2 Å². The highest BCUT2D eigenvalue weighted by Crippen LogP contribution is 2.32. The summed E-state index contributed by atoms with van der Waals surface area (Å²) in [5.41, 5.74) is -0.361. The largest absolute Gasteiger partial charge is 0.468 e. The van der Waals surface area contributed by atoms with Gasteiger partial charge in [-0.1, -0.05) is 31.9 Å². The lowest BCUT2D eigenvalue weighted by atomic mass is 10.1. The molecule has 0 aliphatic carbocycles. The van der Waals surface area contributed by atoms with Crippen LogP contribution in [0.25, 0.3) is 0 Å². The molecule has 0 bridgehead atoms. The highest BCUT2D eigenvalue weighted by Gasteiger charge is 2.31. The molecular formula is C11H9Br2F3O2. The van der Waals surface area contributed by atoms with E-state index in [9.17, 15) is 18.0 Å². The smallest absolute Gasteiger partial charge is 0.416 e. The van der Waals surface area contributed by atoms with Gasteiger partial charge in [-0.05, 0) is 30.2 Å². The molecular weight excluding hydrogens is 381 g/mol. The predicted octanol–water partition coefficient (Wildman–Crippen LogP) is 3.95. The predicted molar refractivity (Wildman–Crippen MR) is 67.6 cm³/mol. The number of hydrogen-bond acceptors (Lipinski definition) is 2. The first-order valence-electron chi connectivity index (χ1n) is 4.82. The molecule has 0 aromatic heterocycles. The average molecular weight is 390 g/mol. The Bertz CT molecular complexity index is 446. The lowest BCUT2D eigenvalue weighted by Gasteiger charge is -2.12. The summed E-state index contributed by atoms with van der Waals surface area (Å²) < 4.78 is 42.6. The Kier molecular flexibility index (Phi) is 5.21. The van der Waals surface area contributed by atoms with Crippen molar-refractivity contribution in [3.8, 4) is 0 Å². The Hall–Kier alpha value is -0.560. The standard InChI is InChI=1S/C11H9Br2F3O2/c1-18-10(17)9(13)4-6-2-7(11(14,15)16)5-8(12)3-6/h2-3,5,9H,4H2,1H3. The fourth-order valence-electron chi connectivity index (χ4n) is 1.35. The minimum atomic E-state index is -4.41. The minimum absolute atomic E-state index is 0.120. The molecule has 18 heavy (non-hydrogen) atoms. The zero-order valence-electron chi connectivity index (χ0n) is 9.22. The molecule has 100 valence electrons. The van der Waals surface area contributed by atoms with E-state index >= 15 is 0 Å². The number of ether oxygens (including phenoxy) is 1. The van der Waals surface area contributed by atoms with Crippen LogP contribution in [-0.2, 0) is 22.1 Å². The summed E-state index contributed by atoms with van der Waals surface area (Å²) in [7, 11) is 1.22. The topological polar surface area (TPSA) is 26.3 Å². The molecule has 0 N–H and O–H groups in total. The van der Waals surface area contributed by atoms with Crippen molar-refractivity contribution in [2.24, 2.45) is 0 Å². The van der Waals surface area contributed by atoms with Crippen molar-refractivity contribution in [3.05, 3.63) is 33.8 Å². The van der Waals surface area contributed by atoms with E-state index in [1.807, 2.05) is 0 Å². The molecule has 7 heteroatoms. The van der Waals surface area contributed by atoms with Crippen molar-refractivity contribution in [2.45, 2.75) is 17.4 Å². The van der Waals surface area contributed by atoms with Crippen molar-refractivity contribution in [1.82, 2.24) is 0 Å². The summed E-state index contributed by atoms with van der Waals surface area (Å²) >= 11 is 6.09. The number of rotatable bonds is 3. The number of hydrogen-bond donors (Lipinski definition) is 0. The van der Waals surface area contributed by atoms with E-state index in [-0.39, 0.29) is 6.42 Å². The van der Waals surface area contributed by atoms with Gasteiger partial charge in [0.15, 0.2) is 0 Å². The lowest BCUT2D eigenvalue weighted by molar-refractivity contribution is -0.139. The number of halogens is 5. The van der Waals surface area contributed by atoms with Crippen LogP contribution in [0.3, 0.4) is 0 Å². The van der Waals surface area contributed by atoms with Gasteiger partial charge in [0.05, 0.1) is 12.7 Å². The molecule has 0 aliphatic rings. The van der Waals surface area contributed by atoms with Crippen LogP contribution in [0, 0.1) is 0 Å². The lowest BCUT2D eigenvalue weighted by Crippen LogP contribution is -2.18. The molecule has 0 fully saturated rings. The van der Waals surface area contributed by atoms with Crippen molar-refractivity contribution < 1.29 is 22.7 Å². The maximum absolute atomic E-state index is 12.6. The molecule has 1 atom stereocenters. The first kappa shape index (κ1) is 15.5. The Morgan fingerprint density at radius 2 is 2.00 bits per heavy atom. The normalized spacial score (nSPS) is 13.2. The molecule has 0 saturated heterocycles. The number of esters is 1. The fourth-order valence-corrected chi connectivity index (χ4v) is 2.45. The molecule has 1 rings (SSSR count). The highest BCUT2D eigenvalue weighted by atomic mass is 79.9. The Morgan fingerprint density at radius 3 is 2.50 bits per heavy atom. The van der Waals surface area contributed by atoms with Gasteiger partial charge in [-0.3, -0.25) is 4.79 Å². The average Bonchev–Trinajstić information content (AvgIpc) is 2.25. The molecule has 0 amide bonds. The fraction of sp³-hybridized carbons (Fsp3) is 0.364. The number of benzene rings is 1. The highest BCUT2D eigenvalue weighted by molar-refractivity contribution is 9.10. The van der Waals surface area contributed by atoms with Gasteiger partial charge in [-0.15, -0.1) is 0 Å². The van der Waals surface area contributed by atoms with Crippen LogP contribution in [0.5, 0.6) is 0 Å². The molecule has 0 radical (unpaired) electrons. The summed E-state index contributed by atoms with van der Waals surface area (Å²) in [5, 5.41) is 0. The molecule has 0 aliphatic heterocycles. The van der Waals surface area contributed by atoms with E-state index in [1.165, 1.54) is 13.2 Å². The van der Waals surface area contributed by atoms with Gasteiger partial charge < -0.3 is 4.74 Å². The van der Waals surface area contributed by atoms with Crippen LogP contribution < -0.4 is 0 Å². The second-order valence-corrected chi connectivity index (χ2v) is 5.56. The first-order chi connectivity index (χ1) is 8.24. The third-order valence-electron chi connectivity index (χ3n) is 2.16. The summed E-state index contributed by atoms with van der Waals surface area (Å²) in [6, 6.07) is 3.54. The molecule has 1 aromatic carbocycles. The van der Waals surface area contributed by atoms with Crippen LogP contribution in [0.4, 0.5) is 13.2 Å². The van der Waals surface area contributed by atoms with Gasteiger partial charge in [0.1, 0.15) is 4.83 Å². The van der Waals surface area contributed by atoms with Gasteiger partial charge in [0.2, 0.25) is 0 Å². The number of carbonyl (C=O) groups is 1. The molecule has 2 nitrogen and oxygen atoms in total. The third-order valence-corrected chi connectivity index (χ3v) is 3.31. The summed E-state index contributed by atoms with van der Waals surface area (Å²) in [6.07, 6.45) is -4.29. The van der Waals surface area contributed by atoms with Crippen molar-refractivity contribution >= 4 is 37.8 Å². The first-order valence-corrected chi connectivity index (χ1v) is 6.53. The monoisotopic (exact) mass is 388 g/mol. The molecule has 0 spiro atoms. The maximum atomic E-state index is 12.6. The summed E-state index contributed by atoms with van der Waals surface area (Å²) in [6.45, 7) is 0. The second-order valence-electron chi connectivity index (χ2n) is 3.54. The van der Waals surface area contributed by atoms with Crippen LogP contribution >= 0.6 is 31.9 Å². The number of methoxy groups -OCH3 is 1. The van der Waals surface area contributed by atoms with Crippen LogP contribution in [-0.4, -0.2) is 17.9 Å². The Balaban J connectivity index is 2.97. The molecule has 0 heterocycles. The Labute approximate surface area is 119 Å². The quantitative estimate of drug-likeness (QED) is 0.578. The van der Waals surface area contributed by atoms with Crippen molar-refractivity contribution in [1.29, 1.82) is 0 Å². The van der Waals surface area contributed by atoms with E-state index in [4.69, 9.17) is 0 Å². The maximum Gasteiger partial charge on any atom is 0.416 e. The van der Waals surface area contributed by atoms with Crippen LogP contribution in [0.1, 0.15) is 11.1 Å². The van der Waals surface area contributed by atoms with E-state index in [2.05, 4.69) is 36.6 Å². The summed E-state index contributed by atoms with van der Waals surface area (Å²) in [4.78, 5) is 10.5. The van der Waals surface area contributed by atoms with Gasteiger partial charge >= 0.3 is 12.1 Å². The van der Waals surface area contributed by atoms with Gasteiger partial charge in [0, 0.05) is 4.47 Å². The van der Waals surface area contributed by atoms with Crippen molar-refractivity contribution in [2.75, 3.05) is 7.11 Å². The van der Waals surface area contributed by atoms with Crippen LogP contribution in [0.15, 0.2) is 22.7 Å². The molecule has 0 saturated carbocycles.